The third-order valence-corrected chi connectivity index (χ3v) is 4.62. The zero-order valence-corrected chi connectivity index (χ0v) is 11.7. The first-order valence-electron chi connectivity index (χ1n) is 6.95. The predicted molar refractivity (Wildman–Crippen MR) is 72.5 cm³/mol. The molecule has 3 rings (SSSR count). The Morgan fingerprint density at radius 3 is 2.83 bits per heavy atom. The Morgan fingerprint density at radius 2 is 2.17 bits per heavy atom. The number of rotatable bonds is 1. The van der Waals surface area contributed by atoms with E-state index in [1.807, 2.05) is 0 Å². The van der Waals surface area contributed by atoms with Gasteiger partial charge in [-0.2, -0.15) is 0 Å². The molecule has 0 saturated carbocycles. The molecular weight excluding hydrogens is 224 g/mol. The molecule has 0 amide bonds. The Kier molecular flexibility index (Phi) is 2.62. The van der Waals surface area contributed by atoms with Crippen molar-refractivity contribution in [2.24, 2.45) is 11.1 Å². The van der Waals surface area contributed by atoms with Gasteiger partial charge in [0.15, 0.2) is 0 Å². The molecule has 2 unspecified atom stereocenters. The first kappa shape index (κ1) is 12.2. The lowest BCUT2D eigenvalue weighted by atomic mass is 9.74. The molecule has 3 heteroatoms. The minimum atomic E-state index is 0.126. The summed E-state index contributed by atoms with van der Waals surface area (Å²) in [5, 5.41) is 0. The van der Waals surface area contributed by atoms with Crippen molar-refractivity contribution in [3.63, 3.8) is 0 Å². The van der Waals surface area contributed by atoms with Crippen LogP contribution in [0.15, 0.2) is 12.3 Å². The maximum absolute atomic E-state index is 6.33. The topological polar surface area (TPSA) is 40.2 Å². The molecule has 0 aromatic carbocycles. The first-order valence-corrected chi connectivity index (χ1v) is 6.95. The molecule has 1 aromatic heterocycles. The highest BCUT2D eigenvalue weighted by Gasteiger charge is 2.38. The highest BCUT2D eigenvalue weighted by molar-refractivity contribution is 5.31. The highest BCUT2D eigenvalue weighted by Crippen LogP contribution is 2.42. The largest absolute Gasteiger partial charge is 0.379 e. The van der Waals surface area contributed by atoms with Gasteiger partial charge in [-0.05, 0) is 43.2 Å². The zero-order valence-electron chi connectivity index (χ0n) is 11.7. The highest BCUT2D eigenvalue weighted by atomic mass is 16.5. The van der Waals surface area contributed by atoms with Gasteiger partial charge in [-0.25, -0.2) is 0 Å². The third kappa shape index (κ3) is 1.81. The van der Waals surface area contributed by atoms with Crippen LogP contribution in [0.1, 0.15) is 50.9 Å². The van der Waals surface area contributed by atoms with Gasteiger partial charge in [0.1, 0.15) is 0 Å². The molecular formula is C15H24N2O. The molecule has 2 atom stereocenters. The number of ether oxygens (including phenoxy) is 1. The Hall–Kier alpha value is -0.800. The van der Waals surface area contributed by atoms with Crippen LogP contribution in [0.5, 0.6) is 0 Å². The van der Waals surface area contributed by atoms with Crippen LogP contribution in [-0.2, 0) is 16.7 Å². The lowest BCUT2D eigenvalue weighted by molar-refractivity contribution is 0.158. The van der Waals surface area contributed by atoms with Crippen molar-refractivity contribution >= 4 is 0 Å². The molecule has 2 heterocycles. The quantitative estimate of drug-likeness (QED) is 0.830. The number of fused-ring (bicyclic) bond motifs is 1. The minimum absolute atomic E-state index is 0.126. The second kappa shape index (κ2) is 3.84. The van der Waals surface area contributed by atoms with E-state index < -0.39 is 0 Å². The van der Waals surface area contributed by atoms with Crippen molar-refractivity contribution in [1.29, 1.82) is 0 Å². The summed E-state index contributed by atoms with van der Waals surface area (Å²) in [5.41, 5.74) is 9.55. The van der Waals surface area contributed by atoms with Gasteiger partial charge in [-0.1, -0.05) is 13.8 Å². The molecule has 3 nitrogen and oxygen atoms in total. The average Bonchev–Trinajstić information content (AvgIpc) is 2.83. The summed E-state index contributed by atoms with van der Waals surface area (Å²) in [7, 11) is 0. The van der Waals surface area contributed by atoms with E-state index in [9.17, 15) is 0 Å². The van der Waals surface area contributed by atoms with Gasteiger partial charge in [0.25, 0.3) is 0 Å². The molecule has 0 spiro atoms. The molecule has 100 valence electrons. The number of hydrogen-bond donors (Lipinski definition) is 1. The summed E-state index contributed by atoms with van der Waals surface area (Å²) in [6, 6.07) is 2.41. The van der Waals surface area contributed by atoms with Crippen molar-refractivity contribution in [3.05, 3.63) is 23.5 Å². The number of aromatic nitrogens is 1. The SMILES string of the molecule is CC1(C)Cc2c(ccn2C2(C)CCOC2)C(N)C1. The van der Waals surface area contributed by atoms with Crippen LogP contribution in [0.4, 0.5) is 0 Å². The standard InChI is InChI=1S/C15H24N2O/c1-14(2)8-12(16)11-4-6-17(13(11)9-14)15(3)5-7-18-10-15/h4,6,12H,5,7-10,16H2,1-3H3. The van der Waals surface area contributed by atoms with Gasteiger partial charge in [0.2, 0.25) is 0 Å². The molecule has 1 aliphatic carbocycles. The normalized spacial score (nSPS) is 34.6. The first-order chi connectivity index (χ1) is 8.41. The number of nitrogens with two attached hydrogens (primary N) is 1. The fraction of sp³-hybridized carbons (Fsp3) is 0.733. The Labute approximate surface area is 109 Å². The average molecular weight is 248 g/mol. The molecule has 1 aliphatic heterocycles. The zero-order chi connectivity index (χ0) is 13.0. The summed E-state index contributed by atoms with van der Waals surface area (Å²) in [6.45, 7) is 8.64. The number of nitrogens with zero attached hydrogens (tertiary/aromatic N) is 1. The second-order valence-corrected chi connectivity index (χ2v) is 7.04. The molecule has 1 fully saturated rings. The van der Waals surface area contributed by atoms with Crippen LogP contribution in [0.25, 0.3) is 0 Å². The molecule has 1 saturated heterocycles. The van der Waals surface area contributed by atoms with Crippen molar-refractivity contribution in [3.8, 4) is 0 Å². The van der Waals surface area contributed by atoms with E-state index >= 15 is 0 Å². The van der Waals surface area contributed by atoms with Gasteiger partial charge >= 0.3 is 0 Å². The maximum atomic E-state index is 6.33. The minimum Gasteiger partial charge on any atom is -0.379 e. The summed E-state index contributed by atoms with van der Waals surface area (Å²) in [5.74, 6) is 0. The molecule has 18 heavy (non-hydrogen) atoms. The van der Waals surface area contributed by atoms with Crippen LogP contribution in [0, 0.1) is 5.41 Å². The lowest BCUT2D eigenvalue weighted by Gasteiger charge is -2.37. The van der Waals surface area contributed by atoms with Gasteiger partial charge < -0.3 is 15.0 Å². The van der Waals surface area contributed by atoms with Crippen molar-refractivity contribution < 1.29 is 4.74 Å². The van der Waals surface area contributed by atoms with Gasteiger partial charge in [0.05, 0.1) is 12.1 Å². The third-order valence-electron chi connectivity index (χ3n) is 4.62. The summed E-state index contributed by atoms with van der Waals surface area (Å²) in [4.78, 5) is 0. The maximum Gasteiger partial charge on any atom is 0.0700 e. The summed E-state index contributed by atoms with van der Waals surface area (Å²) in [6.07, 6.45) is 5.53. The van der Waals surface area contributed by atoms with Crippen LogP contribution >= 0.6 is 0 Å². The predicted octanol–water partition coefficient (Wildman–Crippen LogP) is 2.60. The second-order valence-electron chi connectivity index (χ2n) is 7.04. The summed E-state index contributed by atoms with van der Waals surface area (Å²) >= 11 is 0. The Balaban J connectivity index is 2.04. The molecule has 1 aromatic rings. The van der Waals surface area contributed by atoms with Crippen molar-refractivity contribution in [2.75, 3.05) is 13.2 Å². The van der Waals surface area contributed by atoms with E-state index in [0.29, 0.717) is 5.41 Å². The van der Waals surface area contributed by atoms with Gasteiger partial charge in [-0.3, -0.25) is 0 Å². The van der Waals surface area contributed by atoms with Crippen LogP contribution in [0.3, 0.4) is 0 Å². The van der Waals surface area contributed by atoms with E-state index in [1.165, 1.54) is 11.3 Å². The molecule has 2 N–H and O–H groups in total. The molecule has 0 bridgehead atoms. The van der Waals surface area contributed by atoms with E-state index in [0.717, 1.165) is 32.5 Å². The van der Waals surface area contributed by atoms with Crippen LogP contribution in [0.2, 0.25) is 0 Å². The van der Waals surface area contributed by atoms with E-state index in [2.05, 4.69) is 37.6 Å². The molecule has 2 aliphatic rings. The molecule has 0 radical (unpaired) electrons. The monoisotopic (exact) mass is 248 g/mol. The fourth-order valence-electron chi connectivity index (χ4n) is 3.59. The smallest absolute Gasteiger partial charge is 0.0700 e. The lowest BCUT2D eigenvalue weighted by Crippen LogP contribution is -2.36. The van der Waals surface area contributed by atoms with E-state index in [-0.39, 0.29) is 11.6 Å². The Bertz CT molecular complexity index is 455. The van der Waals surface area contributed by atoms with Crippen molar-refractivity contribution in [2.45, 2.75) is 51.6 Å². The van der Waals surface area contributed by atoms with Gasteiger partial charge in [-0.15, -0.1) is 0 Å². The Morgan fingerprint density at radius 1 is 1.39 bits per heavy atom. The van der Waals surface area contributed by atoms with Crippen LogP contribution < -0.4 is 5.73 Å². The van der Waals surface area contributed by atoms with Gasteiger partial charge in [0, 0.05) is 24.5 Å². The summed E-state index contributed by atoms with van der Waals surface area (Å²) < 4.78 is 8.04. The van der Waals surface area contributed by atoms with E-state index in [1.54, 1.807) is 0 Å². The van der Waals surface area contributed by atoms with Crippen LogP contribution in [-0.4, -0.2) is 17.8 Å². The van der Waals surface area contributed by atoms with E-state index in [4.69, 9.17) is 10.5 Å². The fourth-order valence-corrected chi connectivity index (χ4v) is 3.59. The number of hydrogen-bond acceptors (Lipinski definition) is 2. The van der Waals surface area contributed by atoms with Crippen molar-refractivity contribution in [1.82, 2.24) is 4.57 Å².